The molecule has 1 unspecified atom stereocenters. The molecule has 1 atom stereocenters. The third kappa shape index (κ3) is 3.91. The average molecular weight is 355 g/mol. The zero-order valence-electron chi connectivity index (χ0n) is 14.7. The summed E-state index contributed by atoms with van der Waals surface area (Å²) in [5.41, 5.74) is 1.06. The lowest BCUT2D eigenvalue weighted by Crippen LogP contribution is -2.52. The van der Waals surface area contributed by atoms with Crippen molar-refractivity contribution in [3.63, 3.8) is 0 Å². The molecule has 26 heavy (non-hydrogen) atoms. The molecule has 3 amide bonds. The fourth-order valence-electron chi connectivity index (χ4n) is 3.26. The van der Waals surface area contributed by atoms with Gasteiger partial charge in [-0.1, -0.05) is 60.7 Å². The summed E-state index contributed by atoms with van der Waals surface area (Å²) in [5.74, 6) is -0.531. The number of rotatable bonds is 7. The maximum atomic E-state index is 13.0. The van der Waals surface area contributed by atoms with Gasteiger partial charge in [-0.15, -0.1) is 0 Å². The molecule has 3 rings (SSSR count). The molecule has 5 nitrogen and oxygen atoms in total. The minimum atomic E-state index is -1.15. The molecule has 1 fully saturated rings. The number of halogens is 1. The van der Waals surface area contributed by atoms with Gasteiger partial charge in [0.05, 0.1) is 0 Å². The summed E-state index contributed by atoms with van der Waals surface area (Å²) in [4.78, 5) is 27.1. The van der Waals surface area contributed by atoms with Gasteiger partial charge in [-0.25, -0.2) is 14.1 Å². The van der Waals surface area contributed by atoms with Gasteiger partial charge >= 0.3 is 6.03 Å². The first-order chi connectivity index (χ1) is 12.5. The largest absolute Gasteiger partial charge is 0.327 e. The van der Waals surface area contributed by atoms with Crippen LogP contribution >= 0.6 is 0 Å². The van der Waals surface area contributed by atoms with E-state index in [1.54, 1.807) is 6.92 Å². The molecule has 2 aromatic rings. The average Bonchev–Trinajstić information content (AvgIpc) is 2.84. The van der Waals surface area contributed by atoms with Crippen LogP contribution in [0.15, 0.2) is 60.7 Å². The maximum absolute atomic E-state index is 13.0. The number of alkyl halides is 1. The van der Waals surface area contributed by atoms with Gasteiger partial charge in [0.1, 0.15) is 5.54 Å². The summed E-state index contributed by atoms with van der Waals surface area (Å²) in [6, 6.07) is 19.1. The standard InChI is InChI=1S/C20H22FN3O2/c1-20(18(25)24(15-21)19(26)22-20)14-23(12-16-8-4-2-5-9-16)13-17-10-6-3-7-11-17/h2-11H,12-15H2,1H3,(H,22,26). The number of amides is 3. The second-order valence-electron chi connectivity index (χ2n) is 6.73. The highest BCUT2D eigenvalue weighted by Crippen LogP contribution is 2.21. The molecule has 2 aromatic carbocycles. The van der Waals surface area contributed by atoms with E-state index in [1.807, 2.05) is 60.7 Å². The molecule has 0 radical (unpaired) electrons. The number of carbonyl (C=O) groups is 2. The second-order valence-corrected chi connectivity index (χ2v) is 6.73. The minimum Gasteiger partial charge on any atom is -0.322 e. The third-order valence-corrected chi connectivity index (χ3v) is 4.50. The number of nitrogens with zero attached hydrogens (tertiary/aromatic N) is 2. The molecular weight excluding hydrogens is 333 g/mol. The van der Waals surface area contributed by atoms with Crippen molar-refractivity contribution in [3.8, 4) is 0 Å². The molecule has 0 saturated carbocycles. The third-order valence-electron chi connectivity index (χ3n) is 4.50. The number of imide groups is 1. The molecule has 0 bridgehead atoms. The van der Waals surface area contributed by atoms with Gasteiger partial charge in [-0.3, -0.25) is 9.69 Å². The van der Waals surface area contributed by atoms with Crippen molar-refractivity contribution < 1.29 is 14.0 Å². The van der Waals surface area contributed by atoms with Crippen LogP contribution in [0.4, 0.5) is 9.18 Å². The summed E-state index contributed by atoms with van der Waals surface area (Å²) in [6.07, 6.45) is 0. The Morgan fingerprint density at radius 1 is 0.962 bits per heavy atom. The Morgan fingerprint density at radius 3 is 1.88 bits per heavy atom. The normalized spacial score (nSPS) is 19.9. The van der Waals surface area contributed by atoms with E-state index in [0.717, 1.165) is 11.1 Å². The Bertz CT molecular complexity index is 728. The van der Waals surface area contributed by atoms with Gasteiger partial charge in [-0.05, 0) is 18.1 Å². The van der Waals surface area contributed by atoms with E-state index in [0.29, 0.717) is 18.0 Å². The molecule has 0 spiro atoms. The van der Waals surface area contributed by atoms with E-state index in [-0.39, 0.29) is 6.54 Å². The highest BCUT2D eigenvalue weighted by molar-refractivity contribution is 6.06. The van der Waals surface area contributed by atoms with Gasteiger partial charge in [0.2, 0.25) is 0 Å². The lowest BCUT2D eigenvalue weighted by molar-refractivity contribution is -0.132. The van der Waals surface area contributed by atoms with Crippen LogP contribution in [0.5, 0.6) is 0 Å². The zero-order chi connectivity index (χ0) is 18.6. The van der Waals surface area contributed by atoms with Crippen molar-refractivity contribution in [2.45, 2.75) is 25.6 Å². The van der Waals surface area contributed by atoms with Gasteiger partial charge < -0.3 is 5.32 Å². The lowest BCUT2D eigenvalue weighted by atomic mass is 10.0. The molecule has 136 valence electrons. The van der Waals surface area contributed by atoms with E-state index in [4.69, 9.17) is 0 Å². The van der Waals surface area contributed by atoms with Gasteiger partial charge in [0.15, 0.2) is 6.80 Å². The van der Waals surface area contributed by atoms with E-state index < -0.39 is 24.3 Å². The molecule has 1 heterocycles. The Labute approximate surface area is 152 Å². The van der Waals surface area contributed by atoms with E-state index in [2.05, 4.69) is 10.2 Å². The number of benzene rings is 2. The molecule has 1 saturated heterocycles. The van der Waals surface area contributed by atoms with E-state index >= 15 is 0 Å². The predicted molar refractivity (Wildman–Crippen MR) is 96.8 cm³/mol. The fourth-order valence-corrected chi connectivity index (χ4v) is 3.26. The maximum Gasteiger partial charge on any atom is 0.327 e. The quantitative estimate of drug-likeness (QED) is 0.614. The number of carbonyl (C=O) groups excluding carboxylic acids is 2. The van der Waals surface area contributed by atoms with Crippen molar-refractivity contribution in [2.75, 3.05) is 13.3 Å². The predicted octanol–water partition coefficient (Wildman–Crippen LogP) is 2.93. The minimum absolute atomic E-state index is 0.290. The fraction of sp³-hybridized carbons (Fsp3) is 0.300. The second kappa shape index (κ2) is 7.66. The van der Waals surface area contributed by atoms with Crippen molar-refractivity contribution in [1.82, 2.24) is 15.1 Å². The molecule has 0 aliphatic carbocycles. The summed E-state index contributed by atoms with van der Waals surface area (Å²) in [7, 11) is 0. The Balaban J connectivity index is 1.81. The van der Waals surface area contributed by atoms with Crippen LogP contribution in [0.1, 0.15) is 18.1 Å². The van der Waals surface area contributed by atoms with Crippen molar-refractivity contribution >= 4 is 11.9 Å². The van der Waals surface area contributed by atoms with Crippen molar-refractivity contribution in [2.24, 2.45) is 0 Å². The van der Waals surface area contributed by atoms with Crippen molar-refractivity contribution in [3.05, 3.63) is 71.8 Å². The van der Waals surface area contributed by atoms with Crippen LogP contribution < -0.4 is 5.32 Å². The molecular formula is C20H22FN3O2. The Morgan fingerprint density at radius 2 is 1.46 bits per heavy atom. The van der Waals surface area contributed by atoms with Crippen LogP contribution in [0.25, 0.3) is 0 Å². The monoisotopic (exact) mass is 355 g/mol. The lowest BCUT2D eigenvalue weighted by Gasteiger charge is -2.31. The van der Waals surface area contributed by atoms with Crippen LogP contribution in [-0.4, -0.2) is 40.6 Å². The van der Waals surface area contributed by atoms with Crippen LogP contribution in [0.3, 0.4) is 0 Å². The number of hydrogen-bond donors (Lipinski definition) is 1. The Kier molecular flexibility index (Phi) is 5.32. The zero-order valence-corrected chi connectivity index (χ0v) is 14.7. The molecule has 6 heteroatoms. The van der Waals surface area contributed by atoms with Gasteiger partial charge in [0, 0.05) is 19.6 Å². The highest BCUT2D eigenvalue weighted by atomic mass is 19.1. The smallest absolute Gasteiger partial charge is 0.322 e. The number of hydrogen-bond acceptors (Lipinski definition) is 3. The first-order valence-corrected chi connectivity index (χ1v) is 8.52. The van der Waals surface area contributed by atoms with E-state index in [1.165, 1.54) is 0 Å². The van der Waals surface area contributed by atoms with Gasteiger partial charge in [0.25, 0.3) is 5.91 Å². The molecule has 1 aliphatic heterocycles. The summed E-state index contributed by atoms with van der Waals surface area (Å²) >= 11 is 0. The topological polar surface area (TPSA) is 52.7 Å². The Hall–Kier alpha value is -2.73. The van der Waals surface area contributed by atoms with Crippen LogP contribution in [-0.2, 0) is 17.9 Å². The first kappa shape index (κ1) is 18.1. The van der Waals surface area contributed by atoms with Gasteiger partial charge in [-0.2, -0.15) is 0 Å². The SMILES string of the molecule is CC1(CN(Cc2ccccc2)Cc2ccccc2)NC(=O)N(CF)C1=O. The summed E-state index contributed by atoms with van der Waals surface area (Å²) < 4.78 is 13.0. The van der Waals surface area contributed by atoms with Crippen molar-refractivity contribution in [1.29, 1.82) is 0 Å². The number of urea groups is 1. The molecule has 1 aliphatic rings. The first-order valence-electron chi connectivity index (χ1n) is 8.52. The summed E-state index contributed by atoms with van der Waals surface area (Å²) in [5, 5.41) is 2.64. The summed E-state index contributed by atoms with van der Waals surface area (Å²) in [6.45, 7) is 2.05. The number of nitrogens with one attached hydrogen (secondary N) is 1. The highest BCUT2D eigenvalue weighted by Gasteiger charge is 2.48. The van der Waals surface area contributed by atoms with E-state index in [9.17, 15) is 14.0 Å². The van der Waals surface area contributed by atoms with Crippen LogP contribution in [0.2, 0.25) is 0 Å². The van der Waals surface area contributed by atoms with Crippen LogP contribution in [0, 0.1) is 0 Å². The molecule has 0 aromatic heterocycles. The molecule has 1 N–H and O–H groups in total.